The van der Waals surface area contributed by atoms with Crippen LogP contribution in [0.5, 0.6) is 0 Å². The Bertz CT molecular complexity index is 588. The van der Waals surface area contributed by atoms with Gasteiger partial charge < -0.3 is 10.2 Å². The molecule has 6 nitrogen and oxygen atoms in total. The van der Waals surface area contributed by atoms with Crippen LogP contribution < -0.4 is 10.2 Å². The molecule has 1 aromatic carbocycles. The maximum atomic E-state index is 12.5. The zero-order valence-electron chi connectivity index (χ0n) is 13.0. The van der Waals surface area contributed by atoms with E-state index in [1.165, 1.54) is 12.1 Å². The van der Waals surface area contributed by atoms with Crippen LogP contribution in [-0.4, -0.2) is 30.5 Å². The number of anilines is 1. The summed E-state index contributed by atoms with van der Waals surface area (Å²) < 4.78 is 0. The average molecular weight is 340 g/mol. The molecule has 0 radical (unpaired) electrons. The number of non-ortho nitro benzene ring substituents is 1. The van der Waals surface area contributed by atoms with Gasteiger partial charge >= 0.3 is 0 Å². The summed E-state index contributed by atoms with van der Waals surface area (Å²) in [4.78, 5) is 24.7. The van der Waals surface area contributed by atoms with Crippen molar-refractivity contribution in [2.24, 2.45) is 5.92 Å². The third-order valence-corrected chi connectivity index (χ3v) is 4.70. The lowest BCUT2D eigenvalue weighted by Crippen LogP contribution is -2.31. The first-order chi connectivity index (χ1) is 10.6. The van der Waals surface area contributed by atoms with Gasteiger partial charge in [-0.1, -0.05) is 6.07 Å². The molecule has 1 N–H and O–H groups in total. The minimum absolute atomic E-state index is 0. The largest absolute Gasteiger partial charge is 0.317 e. The van der Waals surface area contributed by atoms with Gasteiger partial charge in [-0.25, -0.2) is 0 Å². The smallest absolute Gasteiger partial charge is 0.271 e. The number of carbonyl (C=O) groups is 1. The van der Waals surface area contributed by atoms with E-state index in [2.05, 4.69) is 5.32 Å². The summed E-state index contributed by atoms with van der Waals surface area (Å²) in [7, 11) is 0. The molecule has 0 spiro atoms. The highest BCUT2D eigenvalue weighted by Crippen LogP contribution is 2.32. The Hall–Kier alpha value is -1.66. The summed E-state index contributed by atoms with van der Waals surface area (Å²) in [5, 5.41) is 14.2. The van der Waals surface area contributed by atoms with Gasteiger partial charge in [-0.05, 0) is 50.3 Å². The fraction of sp³-hybridized carbons (Fsp3) is 0.562. The first-order valence-corrected chi connectivity index (χ1v) is 7.93. The highest BCUT2D eigenvalue weighted by molar-refractivity contribution is 5.95. The van der Waals surface area contributed by atoms with E-state index >= 15 is 0 Å². The van der Waals surface area contributed by atoms with Crippen molar-refractivity contribution in [3.05, 3.63) is 33.9 Å². The monoisotopic (exact) mass is 339 g/mol. The molecule has 0 aromatic heterocycles. The van der Waals surface area contributed by atoms with E-state index in [0.29, 0.717) is 18.9 Å². The molecule has 126 valence electrons. The molecule has 0 aliphatic carbocycles. The molecule has 3 rings (SSSR count). The van der Waals surface area contributed by atoms with Crippen molar-refractivity contribution < 1.29 is 9.72 Å². The van der Waals surface area contributed by atoms with Gasteiger partial charge in [0.25, 0.3) is 5.69 Å². The third kappa shape index (κ3) is 4.00. The Kier molecular flexibility index (Phi) is 5.96. The number of halogens is 1. The van der Waals surface area contributed by atoms with E-state index in [9.17, 15) is 14.9 Å². The Morgan fingerprint density at radius 2 is 2.09 bits per heavy atom. The van der Waals surface area contributed by atoms with Gasteiger partial charge in [0, 0.05) is 25.1 Å². The third-order valence-electron chi connectivity index (χ3n) is 4.70. The van der Waals surface area contributed by atoms with Crippen LogP contribution in [0.15, 0.2) is 18.2 Å². The van der Waals surface area contributed by atoms with Gasteiger partial charge in [-0.15, -0.1) is 12.4 Å². The second kappa shape index (κ2) is 7.75. The molecule has 2 heterocycles. The molecular formula is C16H22ClN3O3. The van der Waals surface area contributed by atoms with E-state index in [0.717, 1.165) is 50.0 Å². The molecule has 0 atom stereocenters. The Morgan fingerprint density at radius 1 is 1.35 bits per heavy atom. The minimum atomic E-state index is -0.406. The number of nitrogens with one attached hydrogen (secondary N) is 1. The topological polar surface area (TPSA) is 75.5 Å². The number of fused-ring (bicyclic) bond motifs is 1. The fourth-order valence-corrected chi connectivity index (χ4v) is 3.37. The number of piperidine rings is 1. The number of nitro groups is 1. The molecule has 0 unspecified atom stereocenters. The normalized spacial score (nSPS) is 17.5. The number of amides is 1. The van der Waals surface area contributed by atoms with Crippen LogP contribution in [0.2, 0.25) is 0 Å². The molecule has 0 bridgehead atoms. The lowest BCUT2D eigenvalue weighted by molar-refractivity contribution is -0.384. The van der Waals surface area contributed by atoms with Gasteiger partial charge in [0.05, 0.1) is 10.6 Å². The molecule has 0 saturated carbocycles. The van der Waals surface area contributed by atoms with E-state index in [-0.39, 0.29) is 24.0 Å². The maximum Gasteiger partial charge on any atom is 0.271 e. The van der Waals surface area contributed by atoms with Crippen LogP contribution in [0, 0.1) is 16.0 Å². The van der Waals surface area contributed by atoms with Crippen LogP contribution in [-0.2, 0) is 11.2 Å². The highest BCUT2D eigenvalue weighted by atomic mass is 35.5. The highest BCUT2D eigenvalue weighted by Gasteiger charge is 2.27. The number of benzene rings is 1. The first-order valence-electron chi connectivity index (χ1n) is 7.93. The second-order valence-electron chi connectivity index (χ2n) is 6.10. The zero-order valence-corrected chi connectivity index (χ0v) is 13.8. The quantitative estimate of drug-likeness (QED) is 0.676. The fourth-order valence-electron chi connectivity index (χ4n) is 3.37. The summed E-state index contributed by atoms with van der Waals surface area (Å²) in [5.41, 5.74) is 1.81. The summed E-state index contributed by atoms with van der Waals surface area (Å²) in [6.45, 7) is 2.72. The van der Waals surface area contributed by atoms with E-state index in [1.807, 2.05) is 0 Å². The molecule has 1 saturated heterocycles. The van der Waals surface area contributed by atoms with Crippen LogP contribution in [0.3, 0.4) is 0 Å². The van der Waals surface area contributed by atoms with Gasteiger partial charge in [-0.3, -0.25) is 14.9 Å². The number of nitrogens with zero attached hydrogens (tertiary/aromatic N) is 2. The average Bonchev–Trinajstić information content (AvgIpc) is 2.96. The number of rotatable bonds is 4. The van der Waals surface area contributed by atoms with Gasteiger partial charge in [0.1, 0.15) is 0 Å². The second-order valence-corrected chi connectivity index (χ2v) is 6.10. The standard InChI is InChI=1S/C16H21N3O3.ClH/c20-16(4-1-12-5-8-17-9-6-12)18-10-7-13-2-3-14(19(21)22)11-15(13)18;/h2-3,11-12,17H,1,4-10H2;1H. The van der Waals surface area contributed by atoms with E-state index < -0.39 is 4.92 Å². The van der Waals surface area contributed by atoms with Crippen LogP contribution in [0.1, 0.15) is 31.2 Å². The summed E-state index contributed by atoms with van der Waals surface area (Å²) in [5.74, 6) is 0.718. The van der Waals surface area contributed by atoms with Crippen LogP contribution in [0.4, 0.5) is 11.4 Å². The van der Waals surface area contributed by atoms with Crippen LogP contribution in [0.25, 0.3) is 0 Å². The van der Waals surface area contributed by atoms with Crippen molar-refractivity contribution in [1.29, 1.82) is 0 Å². The summed E-state index contributed by atoms with van der Waals surface area (Å²) in [6.07, 6.45) is 4.51. The summed E-state index contributed by atoms with van der Waals surface area (Å²) in [6, 6.07) is 4.82. The predicted octanol–water partition coefficient (Wildman–Crippen LogP) is 2.69. The molecule has 7 heteroatoms. The molecule has 2 aliphatic rings. The lowest BCUT2D eigenvalue weighted by Gasteiger charge is -2.23. The summed E-state index contributed by atoms with van der Waals surface area (Å²) >= 11 is 0. The van der Waals surface area contributed by atoms with Crippen molar-refractivity contribution in [1.82, 2.24) is 5.32 Å². The Labute approximate surface area is 141 Å². The first kappa shape index (κ1) is 17.7. The molecule has 2 aliphatic heterocycles. The van der Waals surface area contributed by atoms with Crippen molar-refractivity contribution in [3.8, 4) is 0 Å². The van der Waals surface area contributed by atoms with E-state index in [4.69, 9.17) is 0 Å². The van der Waals surface area contributed by atoms with Crippen molar-refractivity contribution in [2.75, 3.05) is 24.5 Å². The minimum Gasteiger partial charge on any atom is -0.317 e. The number of carbonyl (C=O) groups excluding carboxylic acids is 1. The molecule has 1 fully saturated rings. The van der Waals surface area contributed by atoms with Gasteiger partial charge in [0.2, 0.25) is 5.91 Å². The van der Waals surface area contributed by atoms with Crippen molar-refractivity contribution in [2.45, 2.75) is 32.1 Å². The van der Waals surface area contributed by atoms with Crippen molar-refractivity contribution in [3.63, 3.8) is 0 Å². The predicted molar refractivity (Wildman–Crippen MR) is 91.2 cm³/mol. The number of nitro benzene ring substituents is 1. The van der Waals surface area contributed by atoms with Gasteiger partial charge in [-0.2, -0.15) is 0 Å². The lowest BCUT2D eigenvalue weighted by atomic mass is 9.93. The van der Waals surface area contributed by atoms with Gasteiger partial charge in [0.15, 0.2) is 0 Å². The molecule has 1 aromatic rings. The Balaban J connectivity index is 0.00000192. The SMILES string of the molecule is Cl.O=C(CCC1CCNCC1)N1CCc2ccc([N+](=O)[O-])cc21. The Morgan fingerprint density at radius 3 is 2.78 bits per heavy atom. The maximum absolute atomic E-state index is 12.5. The number of hydrogen-bond acceptors (Lipinski definition) is 4. The zero-order chi connectivity index (χ0) is 15.5. The molecule has 23 heavy (non-hydrogen) atoms. The number of hydrogen-bond donors (Lipinski definition) is 1. The molecule has 1 amide bonds. The van der Waals surface area contributed by atoms with Crippen LogP contribution >= 0.6 is 12.4 Å². The molecular weight excluding hydrogens is 318 g/mol. The van der Waals surface area contributed by atoms with E-state index in [1.54, 1.807) is 11.0 Å². The van der Waals surface area contributed by atoms with Crippen molar-refractivity contribution >= 4 is 29.7 Å².